The standard InChI is InChI=1S/C104H58N8O2/c105-59-63-49-64(60-106)52-75(51-63)77-31-17-39-87-97(77)79-29-7-9-35-83(79)103(87)85-37-11-13-43-95(85)113-99-81(33-19-41-89(99)103)93-57-91(68-21-3-1-4-22-68)109-102(112-93)70-47-45-67(46-48-70)71-25-15-26-72(55-71)73-27-16-28-74(56-73)92-58-94(111-101(110-92)69-23-5-2-6-24-69)82-34-20-42-90-100(82)114-96-44-14-12-38-86(96)104(90)84-36-10-8-30-80(84)98-78(32-18-40-88(98)104)76-53-65(61-107)50-66(54-76)62-108/h1-58H/t103-,104?/m0/s1. The summed E-state index contributed by atoms with van der Waals surface area (Å²) in [7, 11) is 0. The molecule has 4 heterocycles. The van der Waals surface area contributed by atoms with E-state index in [2.05, 4.69) is 267 Å². The molecule has 2 atom stereocenters. The van der Waals surface area contributed by atoms with Crippen LogP contribution in [0.15, 0.2) is 352 Å². The van der Waals surface area contributed by atoms with Crippen molar-refractivity contribution in [3.05, 3.63) is 419 Å². The normalized spacial score (nSPS) is 14.5. The van der Waals surface area contributed by atoms with E-state index in [0.717, 1.165) is 168 Å². The number of rotatable bonds is 10. The van der Waals surface area contributed by atoms with Crippen LogP contribution >= 0.6 is 0 Å². The van der Waals surface area contributed by atoms with E-state index < -0.39 is 10.8 Å². The Bertz CT molecular complexity index is 7060. The van der Waals surface area contributed by atoms with Crippen LogP contribution in [0, 0.1) is 45.3 Å². The van der Waals surface area contributed by atoms with E-state index in [1.54, 1.807) is 12.1 Å². The second kappa shape index (κ2) is 26.4. The maximum atomic E-state index is 10.2. The Morgan fingerprint density at radius 3 is 0.991 bits per heavy atom. The highest BCUT2D eigenvalue weighted by Crippen LogP contribution is 2.67. The summed E-state index contributed by atoms with van der Waals surface area (Å²) in [6.45, 7) is 0. The van der Waals surface area contributed by atoms with Gasteiger partial charge in [0.2, 0.25) is 0 Å². The highest BCUT2D eigenvalue weighted by atomic mass is 16.5. The van der Waals surface area contributed by atoms with Gasteiger partial charge in [0.1, 0.15) is 23.0 Å². The fourth-order valence-corrected chi connectivity index (χ4v) is 18.1. The van der Waals surface area contributed by atoms with Crippen molar-refractivity contribution in [3.8, 4) is 182 Å². The van der Waals surface area contributed by atoms with Crippen LogP contribution in [-0.4, -0.2) is 19.9 Å². The first-order valence-corrected chi connectivity index (χ1v) is 37.7. The number of nitrogens with zero attached hydrogens (tertiary/aromatic N) is 8. The molecule has 2 aliphatic carbocycles. The lowest BCUT2D eigenvalue weighted by molar-refractivity contribution is 0.437. The molecule has 10 nitrogen and oxygen atoms in total. The second-order valence-corrected chi connectivity index (χ2v) is 29.0. The Morgan fingerprint density at radius 2 is 0.526 bits per heavy atom. The largest absolute Gasteiger partial charge is 0.456 e. The molecule has 2 aromatic heterocycles. The van der Waals surface area contributed by atoms with Gasteiger partial charge in [-0.3, -0.25) is 0 Å². The van der Waals surface area contributed by atoms with Gasteiger partial charge >= 0.3 is 0 Å². The highest BCUT2D eigenvalue weighted by Gasteiger charge is 2.54. The number of hydrogen-bond acceptors (Lipinski definition) is 10. The van der Waals surface area contributed by atoms with Crippen molar-refractivity contribution in [2.45, 2.75) is 10.8 Å². The van der Waals surface area contributed by atoms with E-state index in [4.69, 9.17) is 29.4 Å². The Hall–Kier alpha value is -16.0. The molecule has 0 bridgehead atoms. The van der Waals surface area contributed by atoms with Gasteiger partial charge in [-0.15, -0.1) is 0 Å². The minimum absolute atomic E-state index is 0.421. The minimum atomic E-state index is -0.849. The van der Waals surface area contributed by atoms with Gasteiger partial charge in [-0.1, -0.05) is 267 Å². The Kier molecular flexibility index (Phi) is 15.3. The first-order valence-electron chi connectivity index (χ1n) is 37.7. The summed E-state index contributed by atoms with van der Waals surface area (Å²) in [5.74, 6) is 3.94. The Labute approximate surface area is 657 Å². The van der Waals surface area contributed by atoms with Gasteiger partial charge < -0.3 is 9.47 Å². The maximum absolute atomic E-state index is 10.2. The van der Waals surface area contributed by atoms with Gasteiger partial charge in [0.25, 0.3) is 0 Å². The molecule has 0 fully saturated rings. The number of nitriles is 4. The minimum Gasteiger partial charge on any atom is -0.456 e. The van der Waals surface area contributed by atoms with Crippen molar-refractivity contribution < 1.29 is 9.47 Å². The van der Waals surface area contributed by atoms with Gasteiger partial charge in [-0.25, -0.2) is 19.9 Å². The smallest absolute Gasteiger partial charge is 0.160 e. The molecular weight excluding hydrogens is 1390 g/mol. The molecule has 15 aromatic carbocycles. The third-order valence-corrected chi connectivity index (χ3v) is 22.9. The molecule has 4 aliphatic rings. The van der Waals surface area contributed by atoms with E-state index >= 15 is 0 Å². The summed E-state index contributed by atoms with van der Waals surface area (Å²) < 4.78 is 14.5. The summed E-state index contributed by atoms with van der Waals surface area (Å²) >= 11 is 0. The number of hydrogen-bond donors (Lipinski definition) is 0. The molecule has 0 N–H and O–H groups in total. The highest BCUT2D eigenvalue weighted by molar-refractivity contribution is 6.00. The van der Waals surface area contributed by atoms with Gasteiger partial charge in [0.05, 0.1) is 80.1 Å². The number of ether oxygens (including phenoxy) is 2. The molecular formula is C104H58N8O2. The summed E-state index contributed by atoms with van der Waals surface area (Å²) in [6.07, 6.45) is 0. The van der Waals surface area contributed by atoms with Crippen LogP contribution in [0.2, 0.25) is 0 Å². The fraction of sp³-hybridized carbons (Fsp3) is 0.0192. The third-order valence-electron chi connectivity index (χ3n) is 22.9. The summed E-state index contributed by atoms with van der Waals surface area (Å²) in [4.78, 5) is 21.6. The number of benzene rings is 15. The van der Waals surface area contributed by atoms with E-state index in [9.17, 15) is 21.0 Å². The van der Waals surface area contributed by atoms with Crippen LogP contribution in [0.5, 0.6) is 23.0 Å². The fourth-order valence-electron chi connectivity index (χ4n) is 18.1. The molecule has 2 aliphatic heterocycles. The molecule has 526 valence electrons. The van der Waals surface area contributed by atoms with Gasteiger partial charge in [0, 0.05) is 55.6 Å². The third kappa shape index (κ3) is 10.3. The van der Waals surface area contributed by atoms with Crippen molar-refractivity contribution in [3.63, 3.8) is 0 Å². The molecule has 0 radical (unpaired) electrons. The molecule has 2 spiro atoms. The lowest BCUT2D eigenvalue weighted by Gasteiger charge is -2.40. The number of fused-ring (bicyclic) bond motifs is 18. The molecule has 0 saturated heterocycles. The first-order chi connectivity index (χ1) is 56.3. The van der Waals surface area contributed by atoms with Crippen LogP contribution in [-0.2, 0) is 10.8 Å². The van der Waals surface area contributed by atoms with Crippen molar-refractivity contribution >= 4 is 0 Å². The molecule has 114 heavy (non-hydrogen) atoms. The average Bonchev–Trinajstić information content (AvgIpc) is 1.50. The molecule has 1 unspecified atom stereocenters. The van der Waals surface area contributed by atoms with Gasteiger partial charge in [0.15, 0.2) is 11.6 Å². The van der Waals surface area contributed by atoms with Crippen LogP contribution in [0.3, 0.4) is 0 Å². The quantitative estimate of drug-likeness (QED) is 0.129. The molecule has 17 aromatic rings. The first kappa shape index (κ1) is 66.2. The summed E-state index contributed by atoms with van der Waals surface area (Å²) in [5, 5.41) is 40.7. The number of para-hydroxylation sites is 4. The van der Waals surface area contributed by atoms with Crippen molar-refractivity contribution in [2.75, 3.05) is 0 Å². The molecule has 0 saturated carbocycles. The van der Waals surface area contributed by atoms with Gasteiger partial charge in [-0.2, -0.15) is 21.0 Å². The van der Waals surface area contributed by atoms with E-state index in [0.29, 0.717) is 56.8 Å². The van der Waals surface area contributed by atoms with Crippen molar-refractivity contribution in [2.24, 2.45) is 0 Å². The molecule has 21 rings (SSSR count). The zero-order valence-electron chi connectivity index (χ0n) is 60.9. The monoisotopic (exact) mass is 1450 g/mol. The number of aromatic nitrogens is 4. The van der Waals surface area contributed by atoms with E-state index in [1.807, 2.05) is 97.1 Å². The SMILES string of the molecule is N#Cc1cc(C#N)cc(-c2cccc3c2-c2ccccc2C32c3ccccc3Oc3c(-c4cc(-c5cccc(-c6cccc(-c7ccc(-c8nc(-c9ccccc9)cc(-c9cccc%10c9Oc9ccccc9[C@]%109c%10ccccc%10-c%10c(-c%11cc(C#N)cc(C#N)c%11)cccc%109)n8)cc7)c6)c5)nc(-c5ccccc5)n4)cccc32)c1. The lowest BCUT2D eigenvalue weighted by Crippen LogP contribution is -2.32. The summed E-state index contributed by atoms with van der Waals surface area (Å²) in [6, 6.07) is 129. The van der Waals surface area contributed by atoms with Crippen LogP contribution in [0.25, 0.3) is 135 Å². The van der Waals surface area contributed by atoms with Crippen LogP contribution < -0.4 is 9.47 Å². The van der Waals surface area contributed by atoms with Crippen LogP contribution in [0.4, 0.5) is 0 Å². The van der Waals surface area contributed by atoms with Gasteiger partial charge in [-0.05, 0) is 174 Å². The molecule has 0 amide bonds. The van der Waals surface area contributed by atoms with Crippen molar-refractivity contribution in [1.29, 1.82) is 21.0 Å². The lowest BCUT2D eigenvalue weighted by atomic mass is 9.65. The van der Waals surface area contributed by atoms with Crippen LogP contribution in [0.1, 0.15) is 66.8 Å². The van der Waals surface area contributed by atoms with Crippen molar-refractivity contribution in [1.82, 2.24) is 19.9 Å². The maximum Gasteiger partial charge on any atom is 0.160 e. The predicted octanol–water partition coefficient (Wildman–Crippen LogP) is 24.4. The average molecular weight is 1450 g/mol. The zero-order chi connectivity index (χ0) is 76.2. The predicted molar refractivity (Wildman–Crippen MR) is 446 cm³/mol. The Morgan fingerprint density at radius 1 is 0.211 bits per heavy atom. The molecule has 10 heteroatoms. The second-order valence-electron chi connectivity index (χ2n) is 29.0. The van der Waals surface area contributed by atoms with E-state index in [-0.39, 0.29) is 0 Å². The van der Waals surface area contributed by atoms with E-state index in [1.165, 1.54) is 0 Å². The zero-order valence-corrected chi connectivity index (χ0v) is 60.9. The summed E-state index contributed by atoms with van der Waals surface area (Å²) in [5.41, 5.74) is 28.0. The topological polar surface area (TPSA) is 165 Å². The Balaban J connectivity index is 0.642.